The summed E-state index contributed by atoms with van der Waals surface area (Å²) in [6.45, 7) is 1.70. The van der Waals surface area contributed by atoms with E-state index in [1.807, 2.05) is 36.4 Å². The van der Waals surface area contributed by atoms with E-state index in [0.717, 1.165) is 10.5 Å². The van der Waals surface area contributed by atoms with E-state index < -0.39 is 21.8 Å². The summed E-state index contributed by atoms with van der Waals surface area (Å²) < 4.78 is 28.7. The number of amides is 2. The van der Waals surface area contributed by atoms with E-state index in [2.05, 4.69) is 0 Å². The lowest BCUT2D eigenvalue weighted by molar-refractivity contribution is -0.140. The average Bonchev–Trinajstić information content (AvgIpc) is 3.31. The summed E-state index contributed by atoms with van der Waals surface area (Å²) in [7, 11) is -3.81. The van der Waals surface area contributed by atoms with Gasteiger partial charge in [-0.05, 0) is 67.0 Å². The van der Waals surface area contributed by atoms with Gasteiger partial charge in [0.2, 0.25) is 10.0 Å². The SMILES string of the molecule is CC1=C(C#N)C(=O)N(CCc2ccccc2)C(=O)/C1=C\c1ccc(-c2ccc(S(N)(=O)=O)cc2)o1. The van der Waals surface area contributed by atoms with Crippen molar-refractivity contribution < 1.29 is 22.4 Å². The first-order valence-electron chi connectivity index (χ1n) is 10.7. The number of carbonyl (C=O) groups is 2. The van der Waals surface area contributed by atoms with Gasteiger partial charge in [0.1, 0.15) is 23.2 Å². The number of rotatable bonds is 6. The molecule has 0 saturated heterocycles. The summed E-state index contributed by atoms with van der Waals surface area (Å²) in [6.07, 6.45) is 1.96. The van der Waals surface area contributed by atoms with Gasteiger partial charge in [0, 0.05) is 17.7 Å². The Morgan fingerprint density at radius 3 is 2.31 bits per heavy atom. The van der Waals surface area contributed by atoms with Gasteiger partial charge in [-0.3, -0.25) is 14.5 Å². The lowest BCUT2D eigenvalue weighted by Gasteiger charge is -2.27. The Morgan fingerprint density at radius 1 is 1.00 bits per heavy atom. The highest BCUT2D eigenvalue weighted by atomic mass is 32.2. The number of primary sulfonamides is 1. The molecule has 1 aromatic heterocycles. The van der Waals surface area contributed by atoms with Crippen LogP contribution in [0.4, 0.5) is 0 Å². The highest BCUT2D eigenvalue weighted by molar-refractivity contribution is 7.89. The van der Waals surface area contributed by atoms with Crippen molar-refractivity contribution in [2.24, 2.45) is 5.14 Å². The minimum atomic E-state index is -3.81. The second-order valence-corrected chi connectivity index (χ2v) is 9.50. The fraction of sp³-hybridized carbons (Fsp3) is 0.115. The van der Waals surface area contributed by atoms with E-state index in [0.29, 0.717) is 23.5 Å². The molecule has 2 N–H and O–H groups in total. The van der Waals surface area contributed by atoms with Gasteiger partial charge in [-0.1, -0.05) is 30.3 Å². The third-order valence-corrected chi connectivity index (χ3v) is 6.60. The molecule has 0 unspecified atom stereocenters. The lowest BCUT2D eigenvalue weighted by Crippen LogP contribution is -2.43. The molecule has 2 aromatic carbocycles. The molecule has 1 aliphatic heterocycles. The molecular formula is C26H21N3O5S. The molecule has 9 heteroatoms. The Bertz CT molecular complexity index is 1510. The maximum atomic E-state index is 13.2. The minimum absolute atomic E-state index is 0.0204. The molecule has 0 aliphatic carbocycles. The Balaban J connectivity index is 1.63. The van der Waals surface area contributed by atoms with Crippen LogP contribution in [0.1, 0.15) is 18.2 Å². The summed E-state index contributed by atoms with van der Waals surface area (Å²) >= 11 is 0. The summed E-state index contributed by atoms with van der Waals surface area (Å²) in [6, 6.07) is 20.6. The minimum Gasteiger partial charge on any atom is -0.457 e. The Morgan fingerprint density at radius 2 is 1.69 bits per heavy atom. The quantitative estimate of drug-likeness (QED) is 0.418. The van der Waals surface area contributed by atoms with Crippen molar-refractivity contribution in [1.29, 1.82) is 5.26 Å². The Kier molecular flexibility index (Phi) is 6.51. The van der Waals surface area contributed by atoms with Gasteiger partial charge >= 0.3 is 0 Å². The second-order valence-electron chi connectivity index (χ2n) is 7.94. The van der Waals surface area contributed by atoms with Crippen molar-refractivity contribution in [3.8, 4) is 17.4 Å². The number of benzene rings is 2. The van der Waals surface area contributed by atoms with E-state index >= 15 is 0 Å². The van der Waals surface area contributed by atoms with Gasteiger partial charge in [0.25, 0.3) is 11.8 Å². The maximum absolute atomic E-state index is 13.2. The van der Waals surface area contributed by atoms with Crippen molar-refractivity contribution in [3.63, 3.8) is 0 Å². The predicted molar refractivity (Wildman–Crippen MR) is 129 cm³/mol. The van der Waals surface area contributed by atoms with Crippen LogP contribution in [0.15, 0.2) is 92.8 Å². The molecule has 3 aromatic rings. The van der Waals surface area contributed by atoms with Crippen molar-refractivity contribution in [1.82, 2.24) is 4.90 Å². The standard InChI is InChI=1S/C26H21N3O5S/c1-17-22(15-20-9-12-24(34-20)19-7-10-21(11-8-19)35(28,32)33)25(30)29(26(31)23(17)16-27)14-13-18-5-3-2-4-6-18/h2-12,15H,13-14H2,1H3,(H2,28,32,33)/b22-15-. The number of furan rings is 1. The first kappa shape index (κ1) is 23.9. The molecule has 8 nitrogen and oxygen atoms in total. The number of carbonyl (C=O) groups excluding carboxylic acids is 2. The highest BCUT2D eigenvalue weighted by Crippen LogP contribution is 2.29. The van der Waals surface area contributed by atoms with Gasteiger partial charge in [-0.2, -0.15) is 5.26 Å². The van der Waals surface area contributed by atoms with Crippen molar-refractivity contribution >= 4 is 27.9 Å². The topological polar surface area (TPSA) is 134 Å². The molecule has 1 aliphatic rings. The third kappa shape index (κ3) is 4.99. The number of hydrogen-bond donors (Lipinski definition) is 1. The Hall–Kier alpha value is -4.26. The van der Waals surface area contributed by atoms with Crippen LogP contribution in [0.25, 0.3) is 17.4 Å². The van der Waals surface area contributed by atoms with Gasteiger partial charge in [-0.25, -0.2) is 13.6 Å². The van der Waals surface area contributed by atoms with Crippen LogP contribution in [-0.4, -0.2) is 31.7 Å². The zero-order chi connectivity index (χ0) is 25.2. The predicted octanol–water partition coefficient (Wildman–Crippen LogP) is 3.43. The molecule has 35 heavy (non-hydrogen) atoms. The zero-order valence-corrected chi connectivity index (χ0v) is 19.6. The number of hydrogen-bond acceptors (Lipinski definition) is 6. The number of nitrogens with zero attached hydrogens (tertiary/aromatic N) is 2. The van der Waals surface area contributed by atoms with E-state index in [4.69, 9.17) is 9.56 Å². The molecule has 0 bridgehead atoms. The van der Waals surface area contributed by atoms with Crippen LogP contribution in [0.5, 0.6) is 0 Å². The summed E-state index contributed by atoms with van der Waals surface area (Å²) in [5, 5.41) is 14.7. The van der Waals surface area contributed by atoms with E-state index in [9.17, 15) is 23.3 Å². The normalized spacial score (nSPS) is 15.6. The molecule has 176 valence electrons. The molecule has 0 atom stereocenters. The van der Waals surface area contributed by atoms with Gasteiger partial charge in [-0.15, -0.1) is 0 Å². The maximum Gasteiger partial charge on any atom is 0.271 e. The first-order valence-corrected chi connectivity index (χ1v) is 12.2. The van der Waals surface area contributed by atoms with Crippen LogP contribution in [0, 0.1) is 11.3 Å². The van der Waals surface area contributed by atoms with Crippen LogP contribution < -0.4 is 5.14 Å². The van der Waals surface area contributed by atoms with E-state index in [1.165, 1.54) is 18.2 Å². The molecule has 2 heterocycles. The number of nitriles is 1. The van der Waals surface area contributed by atoms with E-state index in [-0.39, 0.29) is 28.2 Å². The van der Waals surface area contributed by atoms with Crippen LogP contribution in [0.3, 0.4) is 0 Å². The molecule has 4 rings (SSSR count). The van der Waals surface area contributed by atoms with Crippen LogP contribution in [-0.2, 0) is 26.0 Å². The highest BCUT2D eigenvalue weighted by Gasteiger charge is 2.35. The van der Waals surface area contributed by atoms with Crippen LogP contribution in [0.2, 0.25) is 0 Å². The van der Waals surface area contributed by atoms with Gasteiger partial charge in [0.05, 0.1) is 4.90 Å². The average molecular weight is 488 g/mol. The lowest BCUT2D eigenvalue weighted by atomic mass is 9.94. The second kappa shape index (κ2) is 9.54. The number of nitrogens with two attached hydrogens (primary N) is 1. The smallest absolute Gasteiger partial charge is 0.271 e. The van der Waals surface area contributed by atoms with E-state index in [1.54, 1.807) is 31.2 Å². The molecule has 2 amide bonds. The first-order chi connectivity index (χ1) is 16.7. The van der Waals surface area contributed by atoms with Gasteiger partial charge in [0.15, 0.2) is 0 Å². The fourth-order valence-corrected chi connectivity index (χ4v) is 4.27. The summed E-state index contributed by atoms with van der Waals surface area (Å²) in [5.41, 5.74) is 1.97. The summed E-state index contributed by atoms with van der Waals surface area (Å²) in [5.74, 6) is -0.329. The third-order valence-electron chi connectivity index (χ3n) is 5.67. The Labute approximate surface area is 202 Å². The zero-order valence-electron chi connectivity index (χ0n) is 18.8. The molecule has 0 fully saturated rings. The van der Waals surface area contributed by atoms with Crippen molar-refractivity contribution in [2.75, 3.05) is 6.54 Å². The van der Waals surface area contributed by atoms with Crippen molar-refractivity contribution in [3.05, 3.63) is 94.8 Å². The summed E-state index contributed by atoms with van der Waals surface area (Å²) in [4.78, 5) is 27.1. The largest absolute Gasteiger partial charge is 0.457 e. The van der Waals surface area contributed by atoms with Crippen LogP contribution >= 0.6 is 0 Å². The molecule has 0 radical (unpaired) electrons. The van der Waals surface area contributed by atoms with Crippen molar-refractivity contribution in [2.45, 2.75) is 18.2 Å². The molecule has 0 saturated carbocycles. The number of imide groups is 1. The monoisotopic (exact) mass is 487 g/mol. The number of sulfonamides is 1. The fourth-order valence-electron chi connectivity index (χ4n) is 3.76. The van der Waals surface area contributed by atoms with Gasteiger partial charge < -0.3 is 4.42 Å². The molecule has 0 spiro atoms. The molecular weight excluding hydrogens is 466 g/mol.